The smallest absolute Gasteiger partial charge is 0.410 e. The van der Waals surface area contributed by atoms with Gasteiger partial charge >= 0.3 is 6.09 Å². The monoisotopic (exact) mass is 391 g/mol. The summed E-state index contributed by atoms with van der Waals surface area (Å²) in [6.07, 6.45) is 1.41. The molecule has 150 valence electrons. The molecule has 5 nitrogen and oxygen atoms in total. The van der Waals surface area contributed by atoms with Crippen molar-refractivity contribution in [2.45, 2.75) is 37.0 Å². The molecule has 0 aromatic heterocycles. The van der Waals surface area contributed by atoms with Crippen molar-refractivity contribution < 1.29 is 19.4 Å². The van der Waals surface area contributed by atoms with Crippen LogP contribution in [-0.4, -0.2) is 54.1 Å². The first kappa shape index (κ1) is 17.5. The van der Waals surface area contributed by atoms with E-state index in [-0.39, 0.29) is 24.2 Å². The quantitative estimate of drug-likeness (QED) is 0.871. The number of carbonyl (C=O) groups excluding carboxylic acids is 1. The molecule has 0 bridgehead atoms. The average Bonchev–Trinajstić information content (AvgIpc) is 3.30. The molecule has 29 heavy (non-hydrogen) atoms. The number of likely N-dealkylation sites (tertiary alicyclic amines) is 1. The molecule has 2 saturated heterocycles. The first-order valence-electron chi connectivity index (χ1n) is 10.6. The Balaban J connectivity index is 1.22. The Bertz CT molecular complexity index is 910. The number of carbonyl (C=O) groups is 1. The van der Waals surface area contributed by atoms with Crippen molar-refractivity contribution in [3.05, 3.63) is 59.7 Å². The van der Waals surface area contributed by atoms with Crippen LogP contribution in [0.4, 0.5) is 4.79 Å². The Kier molecular flexibility index (Phi) is 3.96. The Morgan fingerprint density at radius 1 is 1.07 bits per heavy atom. The summed E-state index contributed by atoms with van der Waals surface area (Å²) in [4.78, 5) is 14.8. The lowest BCUT2D eigenvalue weighted by molar-refractivity contribution is 0.0524. The molecule has 0 radical (unpaired) electrons. The van der Waals surface area contributed by atoms with Crippen LogP contribution in [0.15, 0.2) is 48.5 Å². The number of aliphatic hydroxyl groups excluding tert-OH is 1. The fourth-order valence-corrected chi connectivity index (χ4v) is 5.66. The van der Waals surface area contributed by atoms with E-state index in [1.165, 1.54) is 35.1 Å². The number of ether oxygens (including phenoxy) is 2. The van der Waals surface area contributed by atoms with Crippen molar-refractivity contribution in [2.24, 2.45) is 11.8 Å². The predicted molar refractivity (Wildman–Crippen MR) is 108 cm³/mol. The molecule has 1 N–H and O–H groups in total. The zero-order valence-corrected chi connectivity index (χ0v) is 16.2. The van der Waals surface area contributed by atoms with Gasteiger partial charge in [-0.15, -0.1) is 0 Å². The van der Waals surface area contributed by atoms with Crippen molar-refractivity contribution in [3.8, 4) is 11.1 Å². The van der Waals surface area contributed by atoms with E-state index in [4.69, 9.17) is 9.47 Å². The largest absolute Gasteiger partial charge is 0.448 e. The van der Waals surface area contributed by atoms with Gasteiger partial charge in [-0.1, -0.05) is 48.5 Å². The Morgan fingerprint density at radius 3 is 2.38 bits per heavy atom. The van der Waals surface area contributed by atoms with E-state index >= 15 is 0 Å². The van der Waals surface area contributed by atoms with Crippen LogP contribution in [0.1, 0.15) is 29.9 Å². The van der Waals surface area contributed by atoms with Crippen molar-refractivity contribution in [3.63, 3.8) is 0 Å². The van der Waals surface area contributed by atoms with Gasteiger partial charge < -0.3 is 14.6 Å². The highest BCUT2D eigenvalue weighted by atomic mass is 16.6. The van der Waals surface area contributed by atoms with Gasteiger partial charge in [0.05, 0.1) is 18.8 Å². The van der Waals surface area contributed by atoms with E-state index < -0.39 is 6.10 Å². The van der Waals surface area contributed by atoms with Crippen molar-refractivity contribution in [2.75, 3.05) is 19.8 Å². The summed E-state index contributed by atoms with van der Waals surface area (Å²) in [5.41, 5.74) is 4.86. The van der Waals surface area contributed by atoms with E-state index in [0.717, 1.165) is 0 Å². The SMILES string of the molecule is O=C(OCC1c2ccccc2-c2ccccc21)N1C[C@H](C2CC2)[C@H]2OC[C@H](O)[C@H]21. The molecule has 2 aromatic carbocycles. The minimum atomic E-state index is -0.621. The van der Waals surface area contributed by atoms with E-state index in [1.54, 1.807) is 4.90 Å². The number of aliphatic hydroxyl groups is 1. The topological polar surface area (TPSA) is 59.0 Å². The highest BCUT2D eigenvalue weighted by Gasteiger charge is 2.56. The molecule has 0 unspecified atom stereocenters. The fraction of sp³-hybridized carbons (Fsp3) is 0.458. The number of hydrogen-bond acceptors (Lipinski definition) is 4. The fourth-order valence-electron chi connectivity index (χ4n) is 5.66. The van der Waals surface area contributed by atoms with Gasteiger partial charge in [0.1, 0.15) is 12.7 Å². The molecular weight excluding hydrogens is 366 g/mol. The summed E-state index contributed by atoms with van der Waals surface area (Å²) in [5.74, 6) is 1.01. The molecule has 4 aliphatic rings. The van der Waals surface area contributed by atoms with Gasteiger partial charge in [-0.3, -0.25) is 4.90 Å². The van der Waals surface area contributed by atoms with Crippen LogP contribution >= 0.6 is 0 Å². The molecule has 2 aliphatic carbocycles. The summed E-state index contributed by atoms with van der Waals surface area (Å²) >= 11 is 0. The molecule has 2 heterocycles. The number of fused-ring (bicyclic) bond motifs is 4. The number of nitrogens with zero attached hydrogens (tertiary/aromatic N) is 1. The zero-order valence-electron chi connectivity index (χ0n) is 16.2. The summed E-state index contributed by atoms with van der Waals surface area (Å²) in [6, 6.07) is 16.4. The van der Waals surface area contributed by atoms with Gasteiger partial charge in [0, 0.05) is 18.4 Å². The van der Waals surface area contributed by atoms with E-state index in [9.17, 15) is 9.90 Å². The molecule has 6 rings (SSSR count). The number of rotatable bonds is 3. The van der Waals surface area contributed by atoms with E-state index in [2.05, 4.69) is 24.3 Å². The second-order valence-electron chi connectivity index (χ2n) is 8.81. The van der Waals surface area contributed by atoms with E-state index in [0.29, 0.717) is 31.6 Å². The highest BCUT2D eigenvalue weighted by molar-refractivity contribution is 5.79. The molecule has 1 amide bonds. The molecule has 4 atom stereocenters. The lowest BCUT2D eigenvalue weighted by Gasteiger charge is -2.25. The second kappa shape index (κ2) is 6.57. The molecule has 0 spiro atoms. The van der Waals surface area contributed by atoms with Gasteiger partial charge in [0.15, 0.2) is 0 Å². The normalized spacial score (nSPS) is 30.2. The van der Waals surface area contributed by atoms with Crippen molar-refractivity contribution >= 4 is 6.09 Å². The molecule has 2 aromatic rings. The molecule has 5 heteroatoms. The number of benzene rings is 2. The third-order valence-electron chi connectivity index (χ3n) is 7.18. The first-order chi connectivity index (χ1) is 14.2. The van der Waals surface area contributed by atoms with Crippen LogP contribution in [0.25, 0.3) is 11.1 Å². The van der Waals surface area contributed by atoms with Crippen molar-refractivity contribution in [1.29, 1.82) is 0 Å². The summed E-state index contributed by atoms with van der Waals surface area (Å²) in [7, 11) is 0. The van der Waals surface area contributed by atoms with Gasteiger partial charge in [0.25, 0.3) is 0 Å². The third kappa shape index (κ3) is 2.71. The zero-order chi connectivity index (χ0) is 19.5. The lowest BCUT2D eigenvalue weighted by Crippen LogP contribution is -2.44. The molecule has 1 saturated carbocycles. The van der Waals surface area contributed by atoms with Crippen LogP contribution in [0.3, 0.4) is 0 Å². The Labute approximate surface area is 170 Å². The molecule has 3 fully saturated rings. The van der Waals surface area contributed by atoms with Crippen LogP contribution in [0.2, 0.25) is 0 Å². The third-order valence-corrected chi connectivity index (χ3v) is 7.18. The average molecular weight is 391 g/mol. The minimum absolute atomic E-state index is 0.0435. The van der Waals surface area contributed by atoms with Crippen LogP contribution in [-0.2, 0) is 9.47 Å². The molecule has 2 aliphatic heterocycles. The first-order valence-corrected chi connectivity index (χ1v) is 10.6. The van der Waals surface area contributed by atoms with E-state index in [1.807, 2.05) is 24.3 Å². The number of amides is 1. The highest BCUT2D eigenvalue weighted by Crippen LogP contribution is 2.47. The standard InChI is InChI=1S/C24H25NO4/c26-21-13-28-23-19(14-9-10-14)11-25(22(21)23)24(27)29-12-20-17-7-3-1-5-15(17)16-6-2-4-8-18(16)20/h1-8,14,19-23,26H,9-13H2/t19-,21+,22-,23-/m1/s1. The summed E-state index contributed by atoms with van der Waals surface area (Å²) < 4.78 is 11.7. The summed E-state index contributed by atoms with van der Waals surface area (Å²) in [6.45, 7) is 1.26. The number of hydrogen-bond donors (Lipinski definition) is 1. The Morgan fingerprint density at radius 2 is 1.72 bits per heavy atom. The van der Waals surface area contributed by atoms with Gasteiger partial charge in [-0.25, -0.2) is 4.79 Å². The Hall–Kier alpha value is -2.37. The predicted octanol–water partition coefficient (Wildman–Crippen LogP) is 3.41. The maximum atomic E-state index is 13.0. The van der Waals surface area contributed by atoms with Crippen molar-refractivity contribution in [1.82, 2.24) is 4.90 Å². The second-order valence-corrected chi connectivity index (χ2v) is 8.81. The van der Waals surface area contributed by atoms with Gasteiger partial charge in [-0.2, -0.15) is 0 Å². The minimum Gasteiger partial charge on any atom is -0.448 e. The maximum Gasteiger partial charge on any atom is 0.410 e. The van der Waals surface area contributed by atoms with Crippen LogP contribution < -0.4 is 0 Å². The summed E-state index contributed by atoms with van der Waals surface area (Å²) in [5, 5.41) is 10.4. The van der Waals surface area contributed by atoms with Crippen LogP contribution in [0.5, 0.6) is 0 Å². The lowest BCUT2D eigenvalue weighted by atomic mass is 9.96. The van der Waals surface area contributed by atoms with Gasteiger partial charge in [-0.05, 0) is 41.0 Å². The maximum absolute atomic E-state index is 13.0. The molecular formula is C24H25NO4. The van der Waals surface area contributed by atoms with Gasteiger partial charge in [0.2, 0.25) is 0 Å². The van der Waals surface area contributed by atoms with Crippen LogP contribution in [0, 0.1) is 11.8 Å².